The molecule has 1 aliphatic heterocycles. The second kappa shape index (κ2) is 7.48. The minimum absolute atomic E-state index is 0.117. The topological polar surface area (TPSA) is 84.7 Å². The lowest BCUT2D eigenvalue weighted by atomic mass is 9.84. The van der Waals surface area contributed by atoms with Gasteiger partial charge in [-0.1, -0.05) is 20.8 Å². The summed E-state index contributed by atoms with van der Waals surface area (Å²) in [5.41, 5.74) is 11.3. The molecule has 0 bridgehead atoms. The number of rotatable bonds is 4. The lowest BCUT2D eigenvalue weighted by Crippen LogP contribution is -2.39. The van der Waals surface area contributed by atoms with Gasteiger partial charge in [-0.15, -0.1) is 0 Å². The monoisotopic (exact) mass is 268 g/mol. The first-order chi connectivity index (χ1) is 8.95. The second-order valence-electron chi connectivity index (χ2n) is 5.85. The van der Waals surface area contributed by atoms with Crippen molar-refractivity contribution < 1.29 is 4.79 Å². The summed E-state index contributed by atoms with van der Waals surface area (Å²) in [6, 6.07) is -0.184. The van der Waals surface area contributed by atoms with E-state index in [0.29, 0.717) is 17.7 Å². The molecule has 0 aromatic heterocycles. The van der Waals surface area contributed by atoms with Crippen LogP contribution in [0.5, 0.6) is 0 Å². The average Bonchev–Trinajstić information content (AvgIpc) is 2.39. The van der Waals surface area contributed by atoms with Gasteiger partial charge in [0.05, 0.1) is 0 Å². The number of carbonyl (C=O) groups is 1. The summed E-state index contributed by atoms with van der Waals surface area (Å²) in [6.45, 7) is 8.44. The van der Waals surface area contributed by atoms with Gasteiger partial charge >= 0.3 is 6.03 Å². The highest BCUT2D eigenvalue weighted by molar-refractivity contribution is 5.93. The molecule has 1 unspecified atom stereocenters. The minimum atomic E-state index is -0.184. The fourth-order valence-corrected chi connectivity index (χ4v) is 2.47. The molecule has 0 saturated carbocycles. The molecule has 1 heterocycles. The number of aliphatic imine (C=N–C) groups is 1. The molecule has 0 radical (unpaired) electrons. The summed E-state index contributed by atoms with van der Waals surface area (Å²) in [5.74, 6) is 1.86. The first-order valence-electron chi connectivity index (χ1n) is 7.28. The first kappa shape index (κ1) is 16.0. The smallest absolute Gasteiger partial charge is 0.345 e. The van der Waals surface area contributed by atoms with Crippen LogP contribution < -0.4 is 11.5 Å². The number of nitrogens with two attached hydrogens (primary N) is 2. The van der Waals surface area contributed by atoms with Crippen molar-refractivity contribution in [1.82, 2.24) is 4.90 Å². The van der Waals surface area contributed by atoms with Crippen molar-refractivity contribution in [2.24, 2.45) is 34.2 Å². The summed E-state index contributed by atoms with van der Waals surface area (Å²) in [4.78, 5) is 17.7. The predicted molar refractivity (Wildman–Crippen MR) is 79.0 cm³/mol. The maximum atomic E-state index is 12.0. The van der Waals surface area contributed by atoms with E-state index in [1.165, 1.54) is 0 Å². The number of hydrogen-bond acceptors (Lipinski definition) is 2. The van der Waals surface area contributed by atoms with Crippen molar-refractivity contribution in [2.45, 2.75) is 40.0 Å². The molecular weight excluding hydrogens is 240 g/mol. The largest absolute Gasteiger partial charge is 0.387 e. The Kier molecular flexibility index (Phi) is 6.28. The van der Waals surface area contributed by atoms with Gasteiger partial charge in [0.25, 0.3) is 0 Å². The molecule has 5 nitrogen and oxygen atoms in total. The third kappa shape index (κ3) is 4.82. The Morgan fingerprint density at radius 2 is 1.89 bits per heavy atom. The normalized spacial score (nSPS) is 19.8. The van der Waals surface area contributed by atoms with E-state index in [1.807, 2.05) is 13.8 Å². The number of nitrogens with zero attached hydrogens (tertiary/aromatic N) is 2. The SMILES string of the molecule is CC(C)C(N)=NC(=O)N1CCC(C(C)CCN)CC1. The molecule has 1 aliphatic rings. The van der Waals surface area contributed by atoms with E-state index >= 15 is 0 Å². The Bertz CT molecular complexity index is 319. The van der Waals surface area contributed by atoms with Gasteiger partial charge in [-0.25, -0.2) is 4.79 Å². The number of hydrogen-bond donors (Lipinski definition) is 2. The summed E-state index contributed by atoms with van der Waals surface area (Å²) >= 11 is 0. The highest BCUT2D eigenvalue weighted by atomic mass is 16.2. The fourth-order valence-electron chi connectivity index (χ4n) is 2.47. The maximum absolute atomic E-state index is 12.0. The highest BCUT2D eigenvalue weighted by Crippen LogP contribution is 2.26. The Morgan fingerprint density at radius 1 is 1.32 bits per heavy atom. The molecule has 0 aliphatic carbocycles. The zero-order chi connectivity index (χ0) is 14.4. The number of amides is 2. The van der Waals surface area contributed by atoms with Gasteiger partial charge < -0.3 is 16.4 Å². The Labute approximate surface area is 116 Å². The minimum Gasteiger partial charge on any atom is -0.387 e. The molecule has 2 amide bonds. The summed E-state index contributed by atoms with van der Waals surface area (Å²) in [7, 11) is 0. The van der Waals surface area contributed by atoms with Gasteiger partial charge in [-0.2, -0.15) is 4.99 Å². The number of piperidine rings is 1. The molecule has 0 aromatic rings. The van der Waals surface area contributed by atoms with E-state index in [9.17, 15) is 4.79 Å². The second-order valence-corrected chi connectivity index (χ2v) is 5.85. The number of likely N-dealkylation sites (tertiary alicyclic amines) is 1. The molecule has 1 fully saturated rings. The van der Waals surface area contributed by atoms with Crippen LogP contribution in [0.25, 0.3) is 0 Å². The lowest BCUT2D eigenvalue weighted by Gasteiger charge is -2.34. The summed E-state index contributed by atoms with van der Waals surface area (Å²) in [6.07, 6.45) is 3.16. The van der Waals surface area contributed by atoms with Crippen LogP contribution in [-0.2, 0) is 0 Å². The van der Waals surface area contributed by atoms with Crippen molar-refractivity contribution >= 4 is 11.9 Å². The van der Waals surface area contributed by atoms with E-state index in [-0.39, 0.29) is 11.9 Å². The van der Waals surface area contributed by atoms with E-state index in [0.717, 1.165) is 38.9 Å². The zero-order valence-corrected chi connectivity index (χ0v) is 12.4. The van der Waals surface area contributed by atoms with Crippen LogP contribution in [-0.4, -0.2) is 36.4 Å². The van der Waals surface area contributed by atoms with Crippen LogP contribution in [0.3, 0.4) is 0 Å². The molecule has 19 heavy (non-hydrogen) atoms. The zero-order valence-electron chi connectivity index (χ0n) is 12.4. The Balaban J connectivity index is 2.45. The van der Waals surface area contributed by atoms with E-state index < -0.39 is 0 Å². The van der Waals surface area contributed by atoms with Gasteiger partial charge in [0.1, 0.15) is 5.84 Å². The van der Waals surface area contributed by atoms with Crippen molar-refractivity contribution in [3.63, 3.8) is 0 Å². The van der Waals surface area contributed by atoms with Crippen LogP contribution in [0.15, 0.2) is 4.99 Å². The molecule has 1 saturated heterocycles. The Hall–Kier alpha value is -1.10. The van der Waals surface area contributed by atoms with E-state index in [4.69, 9.17) is 11.5 Å². The molecule has 4 N–H and O–H groups in total. The summed E-state index contributed by atoms with van der Waals surface area (Å²) < 4.78 is 0. The van der Waals surface area contributed by atoms with Gasteiger partial charge in [0.2, 0.25) is 0 Å². The molecule has 110 valence electrons. The average molecular weight is 268 g/mol. The quantitative estimate of drug-likeness (QED) is 0.602. The predicted octanol–water partition coefficient (Wildman–Crippen LogP) is 1.82. The molecule has 0 aromatic carbocycles. The molecule has 5 heteroatoms. The molecular formula is C14H28N4O. The van der Waals surface area contributed by atoms with E-state index in [2.05, 4.69) is 11.9 Å². The third-order valence-electron chi connectivity index (χ3n) is 4.05. The van der Waals surface area contributed by atoms with Crippen LogP contribution in [0.4, 0.5) is 4.79 Å². The van der Waals surface area contributed by atoms with Gasteiger partial charge in [0, 0.05) is 19.0 Å². The first-order valence-corrected chi connectivity index (χ1v) is 7.28. The molecule has 1 rings (SSSR count). The molecule has 1 atom stereocenters. The highest BCUT2D eigenvalue weighted by Gasteiger charge is 2.25. The number of carbonyl (C=O) groups excluding carboxylic acids is 1. The van der Waals surface area contributed by atoms with Gasteiger partial charge in [0.15, 0.2) is 0 Å². The van der Waals surface area contributed by atoms with Crippen molar-refractivity contribution in [2.75, 3.05) is 19.6 Å². The number of amidine groups is 1. The third-order valence-corrected chi connectivity index (χ3v) is 4.05. The van der Waals surface area contributed by atoms with Crippen LogP contribution in [0, 0.1) is 17.8 Å². The van der Waals surface area contributed by atoms with Crippen molar-refractivity contribution in [3.8, 4) is 0 Å². The standard InChI is InChI=1S/C14H28N4O/c1-10(2)13(16)17-14(19)18-8-5-12(6-9-18)11(3)4-7-15/h10-12H,4-9,15H2,1-3H3,(H2,16,17,19). The van der Waals surface area contributed by atoms with E-state index in [1.54, 1.807) is 4.90 Å². The maximum Gasteiger partial charge on any atom is 0.345 e. The summed E-state index contributed by atoms with van der Waals surface area (Å²) in [5, 5.41) is 0. The van der Waals surface area contributed by atoms with Gasteiger partial charge in [-0.05, 0) is 37.6 Å². The number of urea groups is 1. The lowest BCUT2D eigenvalue weighted by molar-refractivity contribution is 0.158. The van der Waals surface area contributed by atoms with Crippen LogP contribution in [0.2, 0.25) is 0 Å². The van der Waals surface area contributed by atoms with Crippen molar-refractivity contribution in [3.05, 3.63) is 0 Å². The van der Waals surface area contributed by atoms with Crippen LogP contribution in [0.1, 0.15) is 40.0 Å². The molecule has 0 spiro atoms. The van der Waals surface area contributed by atoms with Gasteiger partial charge in [-0.3, -0.25) is 0 Å². The Morgan fingerprint density at radius 3 is 2.37 bits per heavy atom. The van der Waals surface area contributed by atoms with Crippen molar-refractivity contribution in [1.29, 1.82) is 0 Å². The fraction of sp³-hybridized carbons (Fsp3) is 0.857. The van der Waals surface area contributed by atoms with Crippen LogP contribution >= 0.6 is 0 Å².